The molecule has 1 fully saturated rings. The summed E-state index contributed by atoms with van der Waals surface area (Å²) in [6.07, 6.45) is 2.37. The molecule has 0 amide bonds. The number of anilines is 1. The van der Waals surface area contributed by atoms with E-state index in [2.05, 4.69) is 17.0 Å². The highest BCUT2D eigenvalue weighted by Crippen LogP contribution is 2.28. The normalized spacial score (nSPS) is 19.0. The summed E-state index contributed by atoms with van der Waals surface area (Å²) in [5.41, 5.74) is 3.02. The van der Waals surface area contributed by atoms with Crippen molar-refractivity contribution in [3.05, 3.63) is 65.0 Å². The Balaban J connectivity index is 1.58. The van der Waals surface area contributed by atoms with E-state index < -0.39 is 5.82 Å². The molecule has 4 nitrogen and oxygen atoms in total. The molecule has 0 spiro atoms. The Labute approximate surface area is 151 Å². The third kappa shape index (κ3) is 3.48. The van der Waals surface area contributed by atoms with E-state index >= 15 is 0 Å². The summed E-state index contributed by atoms with van der Waals surface area (Å²) in [6.45, 7) is 3.67. The summed E-state index contributed by atoms with van der Waals surface area (Å²) >= 11 is 0. The van der Waals surface area contributed by atoms with Crippen molar-refractivity contribution in [2.24, 2.45) is 0 Å². The maximum Gasteiger partial charge on any atom is 0.192 e. The van der Waals surface area contributed by atoms with Gasteiger partial charge >= 0.3 is 0 Å². The second-order valence-corrected chi connectivity index (χ2v) is 6.43. The van der Waals surface area contributed by atoms with Crippen molar-refractivity contribution in [2.75, 3.05) is 37.8 Å². The van der Waals surface area contributed by atoms with Crippen LogP contribution in [0.3, 0.4) is 0 Å². The molecule has 5 heteroatoms. The molecular formula is C21H20FNO3. The van der Waals surface area contributed by atoms with Crippen LogP contribution in [0, 0.1) is 5.82 Å². The summed E-state index contributed by atoms with van der Waals surface area (Å²) in [6, 6.07) is 12.2. The fourth-order valence-electron chi connectivity index (χ4n) is 3.30. The van der Waals surface area contributed by atoms with Crippen molar-refractivity contribution < 1.29 is 18.7 Å². The van der Waals surface area contributed by atoms with E-state index in [0.29, 0.717) is 29.9 Å². The van der Waals surface area contributed by atoms with Crippen molar-refractivity contribution in [1.82, 2.24) is 0 Å². The number of carbonyl (C=O) groups is 1. The van der Waals surface area contributed by atoms with Gasteiger partial charge in [-0.25, -0.2) is 4.39 Å². The maximum atomic E-state index is 13.5. The van der Waals surface area contributed by atoms with Crippen molar-refractivity contribution in [1.29, 1.82) is 0 Å². The highest BCUT2D eigenvalue weighted by Gasteiger charge is 2.21. The third-order valence-corrected chi connectivity index (χ3v) is 4.72. The lowest BCUT2D eigenvalue weighted by molar-refractivity contribution is 0.103. The third-order valence-electron chi connectivity index (χ3n) is 4.72. The number of nitrogens with zero attached hydrogens (tertiary/aromatic N) is 1. The van der Waals surface area contributed by atoms with Crippen molar-refractivity contribution in [2.45, 2.75) is 6.42 Å². The van der Waals surface area contributed by atoms with E-state index in [4.69, 9.17) is 9.47 Å². The minimum atomic E-state index is -0.434. The molecule has 0 unspecified atom stereocenters. The molecule has 2 aromatic rings. The average Bonchev–Trinajstić information content (AvgIpc) is 2.83. The molecular weight excluding hydrogens is 333 g/mol. The Morgan fingerprint density at radius 1 is 1.00 bits per heavy atom. The first-order chi connectivity index (χ1) is 12.7. The minimum absolute atomic E-state index is 0.172. The van der Waals surface area contributed by atoms with Crippen molar-refractivity contribution >= 4 is 17.5 Å². The second kappa shape index (κ2) is 7.30. The summed E-state index contributed by atoms with van der Waals surface area (Å²) in [5, 5.41) is 0. The number of hydrogen-bond acceptors (Lipinski definition) is 4. The number of benzene rings is 2. The highest BCUT2D eigenvalue weighted by molar-refractivity contribution is 6.13. The zero-order valence-electron chi connectivity index (χ0n) is 14.4. The quantitative estimate of drug-likeness (QED) is 0.772. The van der Waals surface area contributed by atoms with Crippen LogP contribution in [0.25, 0.3) is 6.08 Å². The van der Waals surface area contributed by atoms with Crippen LogP contribution in [0.4, 0.5) is 10.1 Å². The van der Waals surface area contributed by atoms with Gasteiger partial charge in [0.25, 0.3) is 0 Å². The second-order valence-electron chi connectivity index (χ2n) is 6.43. The number of rotatable bonds is 2. The van der Waals surface area contributed by atoms with E-state index in [9.17, 15) is 9.18 Å². The molecule has 0 aromatic heterocycles. The van der Waals surface area contributed by atoms with Crippen molar-refractivity contribution in [3.63, 3.8) is 0 Å². The van der Waals surface area contributed by atoms with Crippen LogP contribution in [-0.4, -0.2) is 38.7 Å². The van der Waals surface area contributed by atoms with E-state index in [0.717, 1.165) is 37.6 Å². The van der Waals surface area contributed by atoms with Crippen LogP contribution in [0.15, 0.2) is 48.0 Å². The van der Waals surface area contributed by atoms with Gasteiger partial charge in [-0.1, -0.05) is 12.1 Å². The van der Waals surface area contributed by atoms with Gasteiger partial charge in [0.1, 0.15) is 11.6 Å². The number of ketones is 1. The van der Waals surface area contributed by atoms with Gasteiger partial charge in [-0.3, -0.25) is 4.79 Å². The molecule has 2 aliphatic heterocycles. The van der Waals surface area contributed by atoms with Gasteiger partial charge in [0, 0.05) is 30.8 Å². The molecule has 2 aromatic carbocycles. The smallest absolute Gasteiger partial charge is 0.192 e. The summed E-state index contributed by atoms with van der Waals surface area (Å²) < 4.78 is 24.5. The molecule has 2 heterocycles. The van der Waals surface area contributed by atoms with E-state index in [1.807, 2.05) is 18.2 Å². The Hall–Kier alpha value is -2.66. The molecule has 0 N–H and O–H groups in total. The van der Waals surface area contributed by atoms with Gasteiger partial charge in [0.2, 0.25) is 0 Å². The molecule has 1 saturated heterocycles. The van der Waals surface area contributed by atoms with Crippen LogP contribution in [0.2, 0.25) is 0 Å². The highest BCUT2D eigenvalue weighted by atomic mass is 19.1. The van der Waals surface area contributed by atoms with E-state index in [1.54, 1.807) is 0 Å². The number of ether oxygens (including phenoxy) is 2. The molecule has 0 saturated carbocycles. The van der Waals surface area contributed by atoms with Crippen LogP contribution in [-0.2, 0) is 4.74 Å². The monoisotopic (exact) mass is 353 g/mol. The van der Waals surface area contributed by atoms with Gasteiger partial charge in [-0.15, -0.1) is 0 Å². The zero-order valence-corrected chi connectivity index (χ0v) is 14.4. The van der Waals surface area contributed by atoms with Gasteiger partial charge in [-0.2, -0.15) is 0 Å². The van der Waals surface area contributed by atoms with Gasteiger partial charge in [0.15, 0.2) is 5.78 Å². The van der Waals surface area contributed by atoms with Gasteiger partial charge < -0.3 is 14.4 Å². The van der Waals surface area contributed by atoms with Crippen LogP contribution in [0.5, 0.6) is 5.75 Å². The predicted octanol–water partition coefficient (Wildman–Crippen LogP) is 3.71. The fraction of sp³-hybridized carbons (Fsp3) is 0.286. The first kappa shape index (κ1) is 16.8. The Bertz CT molecular complexity index is 839. The minimum Gasteiger partial charge on any atom is -0.492 e. The first-order valence-electron chi connectivity index (χ1n) is 8.81. The SMILES string of the molecule is O=C1C(=Cc2ccc(N3CCOCC3)cc2)CCOc2ccc(F)cc21. The molecule has 2 aliphatic rings. The Morgan fingerprint density at radius 2 is 1.77 bits per heavy atom. The predicted molar refractivity (Wildman–Crippen MR) is 98.3 cm³/mol. The lowest BCUT2D eigenvalue weighted by Crippen LogP contribution is -2.36. The van der Waals surface area contributed by atoms with Gasteiger partial charge in [0.05, 0.1) is 25.4 Å². The molecule has 134 valence electrons. The summed E-state index contributed by atoms with van der Waals surface area (Å²) in [5.74, 6) is -0.159. The number of fused-ring (bicyclic) bond motifs is 1. The Kier molecular flexibility index (Phi) is 4.71. The standard InChI is InChI=1S/C21H20FNO3/c22-17-3-6-20-19(14-17)21(24)16(7-10-26-20)13-15-1-4-18(5-2-15)23-8-11-25-12-9-23/h1-6,13-14H,7-12H2. The fourth-order valence-corrected chi connectivity index (χ4v) is 3.30. The van der Waals surface area contributed by atoms with E-state index in [-0.39, 0.29) is 5.78 Å². The van der Waals surface area contributed by atoms with Gasteiger partial charge in [-0.05, 0) is 42.0 Å². The van der Waals surface area contributed by atoms with E-state index in [1.165, 1.54) is 18.2 Å². The number of carbonyl (C=O) groups excluding carboxylic acids is 1. The first-order valence-corrected chi connectivity index (χ1v) is 8.81. The average molecular weight is 353 g/mol. The maximum absolute atomic E-state index is 13.5. The van der Waals surface area contributed by atoms with Crippen LogP contribution >= 0.6 is 0 Å². The van der Waals surface area contributed by atoms with Crippen molar-refractivity contribution in [3.8, 4) is 5.75 Å². The number of morpholine rings is 1. The molecule has 0 radical (unpaired) electrons. The topological polar surface area (TPSA) is 38.8 Å². The summed E-state index contributed by atoms with van der Waals surface area (Å²) in [7, 11) is 0. The Morgan fingerprint density at radius 3 is 2.54 bits per heavy atom. The number of hydrogen-bond donors (Lipinski definition) is 0. The molecule has 0 bridgehead atoms. The molecule has 0 atom stereocenters. The zero-order chi connectivity index (χ0) is 17.9. The lowest BCUT2D eigenvalue weighted by atomic mass is 9.99. The summed E-state index contributed by atoms with van der Waals surface area (Å²) in [4.78, 5) is 15.1. The molecule has 0 aliphatic carbocycles. The van der Waals surface area contributed by atoms with Crippen LogP contribution in [0.1, 0.15) is 22.3 Å². The number of halogens is 1. The molecule has 4 rings (SSSR count). The lowest BCUT2D eigenvalue weighted by Gasteiger charge is -2.28. The van der Waals surface area contributed by atoms with Crippen LogP contribution < -0.4 is 9.64 Å². The largest absolute Gasteiger partial charge is 0.492 e. The molecule has 26 heavy (non-hydrogen) atoms. The number of Topliss-reactive ketones (excluding diaryl/α,β-unsaturated/α-hetero) is 1.